The van der Waals surface area contributed by atoms with Crippen LogP contribution in [-0.4, -0.2) is 0 Å². The van der Waals surface area contributed by atoms with Gasteiger partial charge in [0.2, 0.25) is 0 Å². The molecular weight excluding hydrogens is 751 g/mol. The summed E-state index contributed by atoms with van der Waals surface area (Å²) in [6, 6.07) is 28.4. The number of hydrogen-bond donors (Lipinski definition) is 0. The van der Waals surface area contributed by atoms with Crippen LogP contribution in [0, 0.1) is 0 Å². The van der Waals surface area contributed by atoms with Crippen LogP contribution in [0.2, 0.25) is 0 Å². The van der Waals surface area contributed by atoms with Gasteiger partial charge in [-0.15, -0.1) is 0 Å². The van der Waals surface area contributed by atoms with Crippen LogP contribution in [0.25, 0.3) is 98.8 Å². The Hall–Kier alpha value is -8.20. The van der Waals surface area contributed by atoms with E-state index in [1.54, 1.807) is 30.3 Å². The molecule has 0 saturated heterocycles. The highest BCUT2D eigenvalue weighted by Crippen LogP contribution is 2.43. The predicted octanol–water partition coefficient (Wildman–Crippen LogP) is 17.2. The second-order valence-corrected chi connectivity index (χ2v) is 14.7. The lowest BCUT2D eigenvalue weighted by Gasteiger charge is -2.26. The molecule has 0 unspecified atom stereocenters. The van der Waals surface area contributed by atoms with Gasteiger partial charge in [-0.25, -0.2) is 0 Å². The molecule has 0 N–H and O–H groups in total. The minimum absolute atomic E-state index is 0.0288. The highest BCUT2D eigenvalue weighted by Gasteiger charge is 2.18. The maximum Gasteiger partial charge on any atom is 0.143 e. The topological polar surface area (TPSA) is 16.4 Å². The normalized spacial score (nSPS) is 15.4. The van der Waals surface area contributed by atoms with Gasteiger partial charge in [-0.05, 0) is 126 Å². The SMILES string of the molecule is [2H]c1c([2H])c([2H])c(-c2c([2H])c([2H])c(-c3c([2H])c([2H])c(N(c4cccc(-c5cccc6oc7c8ccccc8ccc7c56)c4)c4c([2H])c([2H])c(-c5ccc6c(ccc7ccccc76)c5)c([2H])c4[2H])c([2H])c3[2H])c([2H])c2[2H])c([2H])c1[2H]. The van der Waals surface area contributed by atoms with Crippen LogP contribution in [0.1, 0.15) is 23.3 Å². The van der Waals surface area contributed by atoms with E-state index in [2.05, 4.69) is 0 Å². The molecule has 0 amide bonds. The van der Waals surface area contributed by atoms with E-state index in [0.29, 0.717) is 27.9 Å². The zero-order valence-electron chi connectivity index (χ0n) is 49.6. The maximum absolute atomic E-state index is 9.76. The first kappa shape index (κ1) is 22.4. The average Bonchev–Trinajstić information content (AvgIpc) is 4.05. The van der Waals surface area contributed by atoms with Crippen molar-refractivity contribution in [1.82, 2.24) is 0 Å². The van der Waals surface area contributed by atoms with Gasteiger partial charge in [0, 0.05) is 33.2 Å². The molecule has 12 rings (SSSR count). The molecule has 0 atom stereocenters. The molecule has 0 spiro atoms. The van der Waals surface area contributed by atoms with E-state index in [0.717, 1.165) is 48.0 Å². The molecule has 0 aliphatic rings. The molecule has 0 saturated carbocycles. The van der Waals surface area contributed by atoms with E-state index in [1.165, 1.54) is 0 Å². The molecule has 2 heteroatoms. The molecule has 11 aromatic carbocycles. The van der Waals surface area contributed by atoms with Crippen molar-refractivity contribution >= 4 is 71.3 Å². The Kier molecular flexibility index (Phi) is 5.36. The zero-order valence-corrected chi connectivity index (χ0v) is 32.6. The summed E-state index contributed by atoms with van der Waals surface area (Å²) >= 11 is 0. The summed E-state index contributed by atoms with van der Waals surface area (Å²) < 4.78 is 162. The smallest absolute Gasteiger partial charge is 0.143 e. The number of benzene rings is 11. The fourth-order valence-corrected chi connectivity index (χ4v) is 8.19. The standard InChI is InChI=1S/C60H39NO/c1-2-10-40(11-3-1)41-20-22-42(23-21-41)43-26-32-50(33-27-43)61(51-34-28-44(29-35-51)47-31-36-54-49(38-47)25-24-45-12-4-6-16-53(45)54)52-15-8-14-48(39-52)55-18-9-19-58-59(55)57-37-30-46-13-5-7-17-56(46)60(57)62-58/h1-39H/i1D,2D,3D,10D,11D,20D,21D,22D,23D,26D,27D,28D,29D,32D,33D,34D,35D. The molecule has 0 aliphatic heterocycles. The van der Waals surface area contributed by atoms with Gasteiger partial charge in [-0.3, -0.25) is 0 Å². The number of hydrogen-bond acceptors (Lipinski definition) is 2. The summed E-state index contributed by atoms with van der Waals surface area (Å²) in [7, 11) is 0. The van der Waals surface area contributed by atoms with Crippen molar-refractivity contribution in [3.05, 3.63) is 236 Å². The van der Waals surface area contributed by atoms with Gasteiger partial charge in [-0.2, -0.15) is 0 Å². The number of nitrogens with zero attached hydrogens (tertiary/aromatic N) is 1. The Morgan fingerprint density at radius 2 is 0.887 bits per heavy atom. The van der Waals surface area contributed by atoms with Gasteiger partial charge in [-0.1, -0.05) is 182 Å². The van der Waals surface area contributed by atoms with Gasteiger partial charge >= 0.3 is 0 Å². The summed E-state index contributed by atoms with van der Waals surface area (Å²) in [5.74, 6) is 0. The molecule has 1 heterocycles. The van der Waals surface area contributed by atoms with Gasteiger partial charge in [0.1, 0.15) is 11.2 Å². The molecule has 0 aliphatic carbocycles. The number of rotatable bonds is 7. The Bertz CT molecular complexity index is 4550. The van der Waals surface area contributed by atoms with Crippen molar-refractivity contribution < 1.29 is 27.7 Å². The Balaban J connectivity index is 1.09. The van der Waals surface area contributed by atoms with Gasteiger partial charge < -0.3 is 9.32 Å². The van der Waals surface area contributed by atoms with E-state index in [-0.39, 0.29) is 11.3 Å². The molecule has 0 radical (unpaired) electrons. The second kappa shape index (κ2) is 14.8. The van der Waals surface area contributed by atoms with Crippen molar-refractivity contribution in [2.45, 2.75) is 0 Å². The van der Waals surface area contributed by atoms with Gasteiger partial charge in [0.05, 0.1) is 23.3 Å². The lowest BCUT2D eigenvalue weighted by atomic mass is 9.97. The molecule has 2 nitrogen and oxygen atoms in total. The van der Waals surface area contributed by atoms with Crippen LogP contribution in [0.4, 0.5) is 17.1 Å². The maximum atomic E-state index is 9.76. The average molecular weight is 807 g/mol. The summed E-state index contributed by atoms with van der Waals surface area (Å²) in [6.45, 7) is 0. The first-order chi connectivity index (χ1) is 37.8. The van der Waals surface area contributed by atoms with Crippen LogP contribution >= 0.6 is 0 Å². The van der Waals surface area contributed by atoms with E-state index in [9.17, 15) is 11.0 Å². The number of furan rings is 1. The third kappa shape index (κ3) is 6.20. The summed E-state index contributed by atoms with van der Waals surface area (Å²) in [6.07, 6.45) is 0. The van der Waals surface area contributed by atoms with Crippen molar-refractivity contribution in [2.75, 3.05) is 4.90 Å². The highest BCUT2D eigenvalue weighted by atomic mass is 16.3. The third-order valence-electron chi connectivity index (χ3n) is 11.1. The Morgan fingerprint density at radius 1 is 0.339 bits per heavy atom. The van der Waals surface area contributed by atoms with E-state index in [1.807, 2.05) is 103 Å². The fraction of sp³-hybridized carbons (Fsp3) is 0. The molecule has 62 heavy (non-hydrogen) atoms. The zero-order chi connectivity index (χ0) is 55.8. The lowest BCUT2D eigenvalue weighted by molar-refractivity contribution is 0.673. The van der Waals surface area contributed by atoms with Crippen molar-refractivity contribution in [3.8, 4) is 44.5 Å². The second-order valence-electron chi connectivity index (χ2n) is 14.7. The monoisotopic (exact) mass is 806 g/mol. The molecular formula is C60H39NO. The van der Waals surface area contributed by atoms with Gasteiger partial charge in [0.25, 0.3) is 0 Å². The molecule has 290 valence electrons. The lowest BCUT2D eigenvalue weighted by Crippen LogP contribution is -2.10. The number of anilines is 3. The molecule has 0 bridgehead atoms. The molecule has 0 fully saturated rings. The minimum Gasteiger partial charge on any atom is -0.455 e. The Morgan fingerprint density at radius 3 is 1.61 bits per heavy atom. The minimum atomic E-state index is -0.882. The van der Waals surface area contributed by atoms with Crippen molar-refractivity contribution in [3.63, 3.8) is 0 Å². The third-order valence-corrected chi connectivity index (χ3v) is 11.1. The highest BCUT2D eigenvalue weighted by molar-refractivity contribution is 6.19. The predicted molar refractivity (Wildman–Crippen MR) is 263 cm³/mol. The first-order valence-electron chi connectivity index (χ1n) is 28.4. The summed E-state index contributed by atoms with van der Waals surface area (Å²) in [4.78, 5) is 1.14. The fourth-order valence-electron chi connectivity index (χ4n) is 8.19. The van der Waals surface area contributed by atoms with Crippen LogP contribution in [-0.2, 0) is 0 Å². The van der Waals surface area contributed by atoms with E-state index in [4.69, 9.17) is 16.8 Å². The van der Waals surface area contributed by atoms with Crippen LogP contribution in [0.5, 0.6) is 0 Å². The quantitative estimate of drug-likeness (QED) is 0.149. The largest absolute Gasteiger partial charge is 0.455 e. The summed E-state index contributed by atoms with van der Waals surface area (Å²) in [5, 5.41) is 7.15. The van der Waals surface area contributed by atoms with Crippen LogP contribution in [0.3, 0.4) is 0 Å². The Labute approximate surface area is 384 Å². The van der Waals surface area contributed by atoms with E-state index >= 15 is 0 Å². The van der Waals surface area contributed by atoms with E-state index < -0.39 is 136 Å². The summed E-state index contributed by atoms with van der Waals surface area (Å²) in [5.41, 5.74) is -0.586. The van der Waals surface area contributed by atoms with Crippen LogP contribution in [0.15, 0.2) is 241 Å². The number of fused-ring (bicyclic) bond motifs is 8. The van der Waals surface area contributed by atoms with Gasteiger partial charge in [0.15, 0.2) is 0 Å². The van der Waals surface area contributed by atoms with Crippen molar-refractivity contribution in [2.24, 2.45) is 0 Å². The van der Waals surface area contributed by atoms with Crippen molar-refractivity contribution in [1.29, 1.82) is 0 Å². The molecule has 12 aromatic rings. The molecule has 1 aromatic heterocycles. The van der Waals surface area contributed by atoms with Crippen LogP contribution < -0.4 is 4.90 Å². The first-order valence-corrected chi connectivity index (χ1v) is 19.9.